The van der Waals surface area contributed by atoms with Gasteiger partial charge in [0.25, 0.3) is 0 Å². The fourth-order valence-corrected chi connectivity index (χ4v) is 3.73. The molecule has 1 aliphatic rings. The van der Waals surface area contributed by atoms with Crippen molar-refractivity contribution in [3.63, 3.8) is 0 Å². The Morgan fingerprint density at radius 3 is 2.27 bits per heavy atom. The van der Waals surface area contributed by atoms with Gasteiger partial charge in [0, 0.05) is 14.1 Å². The summed E-state index contributed by atoms with van der Waals surface area (Å²) in [5.41, 5.74) is 2.56. The van der Waals surface area contributed by atoms with Crippen LogP contribution in [0.2, 0.25) is 0 Å². The lowest BCUT2D eigenvalue weighted by molar-refractivity contribution is -0.118. The number of para-hydroxylation sites is 2. The van der Waals surface area contributed by atoms with Crippen LogP contribution in [0.4, 0.5) is 11.4 Å². The second-order valence-corrected chi connectivity index (χ2v) is 6.77. The zero-order valence-corrected chi connectivity index (χ0v) is 15.5. The molecule has 2 aromatic rings. The van der Waals surface area contributed by atoms with Gasteiger partial charge < -0.3 is 14.5 Å². The molecule has 0 saturated heterocycles. The molecule has 0 aliphatic carbocycles. The Kier molecular flexibility index (Phi) is 4.78. The molecule has 0 atom stereocenters. The number of hydrogen-bond donors (Lipinski definition) is 0. The van der Waals surface area contributed by atoms with E-state index in [1.54, 1.807) is 36.2 Å². The highest BCUT2D eigenvalue weighted by molar-refractivity contribution is 7.12. The molecule has 2 heterocycles. The van der Waals surface area contributed by atoms with Crippen molar-refractivity contribution < 1.29 is 14.3 Å². The molecule has 0 unspecified atom stereocenters. The van der Waals surface area contributed by atoms with Crippen molar-refractivity contribution in [3.8, 4) is 6.07 Å². The number of nitriles is 1. The Morgan fingerprint density at radius 2 is 1.77 bits per heavy atom. The van der Waals surface area contributed by atoms with Crippen LogP contribution in [0.5, 0.6) is 0 Å². The molecule has 0 spiro atoms. The zero-order chi connectivity index (χ0) is 18.8. The number of carbonyl (C=O) groups is 2. The van der Waals surface area contributed by atoms with Gasteiger partial charge in [0.2, 0.25) is 5.78 Å². The summed E-state index contributed by atoms with van der Waals surface area (Å²) in [5.74, 6) is -0.608. The Bertz CT molecular complexity index is 924. The summed E-state index contributed by atoms with van der Waals surface area (Å²) >= 11 is 1.26. The monoisotopic (exact) mass is 367 g/mol. The predicted octanol–water partition coefficient (Wildman–Crippen LogP) is 3.10. The number of benzene rings is 1. The zero-order valence-electron chi connectivity index (χ0n) is 14.6. The average molecular weight is 367 g/mol. The molecule has 1 aliphatic heterocycles. The lowest BCUT2D eigenvalue weighted by Gasteiger charge is -2.19. The quantitative estimate of drug-likeness (QED) is 0.470. The van der Waals surface area contributed by atoms with Gasteiger partial charge in [-0.1, -0.05) is 12.1 Å². The van der Waals surface area contributed by atoms with Crippen LogP contribution in [0.3, 0.4) is 0 Å². The lowest BCUT2D eigenvalue weighted by atomic mass is 10.2. The molecule has 0 fully saturated rings. The Balaban J connectivity index is 1.82. The minimum absolute atomic E-state index is 0.0399. The molecule has 0 radical (unpaired) electrons. The molecule has 1 aromatic carbocycles. The maximum Gasteiger partial charge on any atom is 0.349 e. The van der Waals surface area contributed by atoms with Crippen LogP contribution >= 0.6 is 11.3 Å². The SMILES string of the molecule is Cc1ccsc1C(=O)OCC(=O)C(C#N)=C1N(C)c2ccccc2N1C. The van der Waals surface area contributed by atoms with Crippen molar-refractivity contribution in [1.82, 2.24) is 0 Å². The fourth-order valence-electron chi connectivity index (χ4n) is 2.91. The number of hydrogen-bond acceptors (Lipinski definition) is 7. The van der Waals surface area contributed by atoms with Gasteiger partial charge in [0.1, 0.15) is 22.3 Å². The largest absolute Gasteiger partial charge is 0.453 e. The summed E-state index contributed by atoms with van der Waals surface area (Å²) in [7, 11) is 3.59. The van der Waals surface area contributed by atoms with Gasteiger partial charge in [-0.05, 0) is 36.1 Å². The highest BCUT2D eigenvalue weighted by atomic mass is 32.1. The van der Waals surface area contributed by atoms with E-state index in [9.17, 15) is 14.9 Å². The van der Waals surface area contributed by atoms with Crippen molar-refractivity contribution in [2.24, 2.45) is 0 Å². The minimum Gasteiger partial charge on any atom is -0.453 e. The van der Waals surface area contributed by atoms with Crippen LogP contribution < -0.4 is 9.80 Å². The third-order valence-corrected chi connectivity index (χ3v) is 5.23. The smallest absolute Gasteiger partial charge is 0.349 e. The minimum atomic E-state index is -0.551. The summed E-state index contributed by atoms with van der Waals surface area (Å²) in [6, 6.07) is 11.4. The average Bonchev–Trinajstić information content (AvgIpc) is 3.17. The molecule has 0 saturated carbocycles. The summed E-state index contributed by atoms with van der Waals surface area (Å²) in [6.45, 7) is 1.33. The first-order chi connectivity index (χ1) is 12.5. The van der Waals surface area contributed by atoms with Gasteiger partial charge in [-0.3, -0.25) is 4.79 Å². The maximum atomic E-state index is 12.6. The molecule has 132 valence electrons. The normalized spacial score (nSPS) is 12.6. The fraction of sp³-hybridized carbons (Fsp3) is 0.211. The van der Waals surface area contributed by atoms with E-state index in [4.69, 9.17) is 4.74 Å². The highest BCUT2D eigenvalue weighted by Crippen LogP contribution is 2.40. The van der Waals surface area contributed by atoms with E-state index in [2.05, 4.69) is 0 Å². The Morgan fingerprint density at radius 1 is 1.15 bits per heavy atom. The summed E-state index contributed by atoms with van der Waals surface area (Å²) in [5, 5.41) is 11.3. The van der Waals surface area contributed by atoms with Crippen molar-refractivity contribution in [2.45, 2.75) is 6.92 Å². The number of nitrogens with zero attached hydrogens (tertiary/aromatic N) is 3. The van der Waals surface area contributed by atoms with Crippen molar-refractivity contribution in [3.05, 3.63) is 57.5 Å². The number of esters is 1. The van der Waals surface area contributed by atoms with Gasteiger partial charge >= 0.3 is 5.97 Å². The number of fused-ring (bicyclic) bond motifs is 1. The van der Waals surface area contributed by atoms with E-state index >= 15 is 0 Å². The first-order valence-corrected chi connectivity index (χ1v) is 8.79. The molecular weight excluding hydrogens is 350 g/mol. The van der Waals surface area contributed by atoms with Gasteiger partial charge in [0.15, 0.2) is 6.61 Å². The molecule has 7 heteroatoms. The molecule has 1 aromatic heterocycles. The second-order valence-electron chi connectivity index (χ2n) is 5.85. The van der Waals surface area contributed by atoms with E-state index in [0.29, 0.717) is 10.7 Å². The van der Waals surface area contributed by atoms with Gasteiger partial charge in [-0.2, -0.15) is 5.26 Å². The van der Waals surface area contributed by atoms with Crippen LogP contribution in [0.25, 0.3) is 0 Å². The molecule has 0 bridgehead atoms. The number of ether oxygens (including phenoxy) is 1. The van der Waals surface area contributed by atoms with Crippen molar-refractivity contribution in [2.75, 3.05) is 30.5 Å². The number of aryl methyl sites for hydroxylation is 1. The summed E-state index contributed by atoms with van der Waals surface area (Å²) < 4.78 is 5.12. The summed E-state index contributed by atoms with van der Waals surface area (Å²) in [4.78, 5) is 28.7. The highest BCUT2D eigenvalue weighted by Gasteiger charge is 2.31. The van der Waals surface area contributed by atoms with E-state index in [0.717, 1.165) is 16.9 Å². The van der Waals surface area contributed by atoms with Gasteiger partial charge in [-0.25, -0.2) is 4.79 Å². The third-order valence-electron chi connectivity index (χ3n) is 4.24. The van der Waals surface area contributed by atoms with E-state index < -0.39 is 18.4 Å². The summed E-state index contributed by atoms with van der Waals surface area (Å²) in [6.07, 6.45) is 0. The number of ketones is 1. The molecule has 26 heavy (non-hydrogen) atoms. The van der Waals surface area contributed by atoms with Crippen LogP contribution in [0.15, 0.2) is 47.1 Å². The topological polar surface area (TPSA) is 73.6 Å². The van der Waals surface area contributed by atoms with Gasteiger partial charge in [0.05, 0.1) is 11.4 Å². The number of carbonyl (C=O) groups excluding carboxylic acids is 2. The lowest BCUT2D eigenvalue weighted by Crippen LogP contribution is -2.27. The molecule has 3 rings (SSSR count). The van der Waals surface area contributed by atoms with Crippen LogP contribution in [0, 0.1) is 18.3 Å². The second kappa shape index (κ2) is 7.02. The molecule has 6 nitrogen and oxygen atoms in total. The first kappa shape index (κ1) is 17.7. The maximum absolute atomic E-state index is 12.6. The molecule has 0 amide bonds. The van der Waals surface area contributed by atoms with E-state index in [1.807, 2.05) is 36.4 Å². The van der Waals surface area contributed by atoms with Gasteiger partial charge in [-0.15, -0.1) is 11.3 Å². The van der Waals surface area contributed by atoms with Crippen molar-refractivity contribution in [1.29, 1.82) is 5.26 Å². The van der Waals surface area contributed by atoms with Crippen LogP contribution in [-0.4, -0.2) is 32.5 Å². The number of Topliss-reactive ketones (excluding diaryl/α,β-unsaturated/α-hetero) is 1. The Hall–Kier alpha value is -3.11. The van der Waals surface area contributed by atoms with Crippen LogP contribution in [-0.2, 0) is 9.53 Å². The Labute approximate surface area is 155 Å². The van der Waals surface area contributed by atoms with E-state index in [-0.39, 0.29) is 5.57 Å². The first-order valence-electron chi connectivity index (χ1n) is 7.91. The standard InChI is InChI=1S/C19H17N3O3S/c1-12-8-9-26-17(12)19(24)25-11-16(23)13(10-20)18-21(2)14-6-4-5-7-15(14)22(18)3/h4-9H,11H2,1-3H3. The van der Waals surface area contributed by atoms with Crippen LogP contribution in [0.1, 0.15) is 15.2 Å². The number of anilines is 2. The van der Waals surface area contributed by atoms with Crippen molar-refractivity contribution >= 4 is 34.5 Å². The number of rotatable bonds is 4. The van der Waals surface area contributed by atoms with E-state index in [1.165, 1.54) is 11.3 Å². The number of thiophene rings is 1. The predicted molar refractivity (Wildman–Crippen MR) is 100 cm³/mol. The molecular formula is C19H17N3O3S. The third kappa shape index (κ3) is 2.95. The molecule has 0 N–H and O–H groups in total.